The summed E-state index contributed by atoms with van der Waals surface area (Å²) >= 11 is 3.76. The average Bonchev–Trinajstić information content (AvgIpc) is 2.28. The summed E-state index contributed by atoms with van der Waals surface area (Å²) in [6.45, 7) is 6.28. The number of thioether (sulfide) groups is 2. The summed E-state index contributed by atoms with van der Waals surface area (Å²) in [6.07, 6.45) is 0.720. The highest BCUT2D eigenvalue weighted by molar-refractivity contribution is 8.18. The fourth-order valence-electron chi connectivity index (χ4n) is 1.32. The molecule has 1 amide bonds. The Bertz CT molecular complexity index is 294. The van der Waals surface area contributed by atoms with E-state index in [1.807, 2.05) is 23.5 Å². The molecule has 0 aromatic carbocycles. The van der Waals surface area contributed by atoms with Crippen molar-refractivity contribution in [3.8, 4) is 0 Å². The third-order valence-corrected chi connectivity index (χ3v) is 5.17. The van der Waals surface area contributed by atoms with Gasteiger partial charge in [0.05, 0.1) is 10.3 Å². The molecular formula is C11H20N2O2S2. The molecule has 0 aliphatic carbocycles. The summed E-state index contributed by atoms with van der Waals surface area (Å²) in [6, 6.07) is 0. The van der Waals surface area contributed by atoms with Gasteiger partial charge in [-0.1, -0.05) is 25.9 Å². The minimum atomic E-state index is -0.516. The maximum absolute atomic E-state index is 11.1. The predicted molar refractivity (Wildman–Crippen MR) is 75.8 cm³/mol. The van der Waals surface area contributed by atoms with Crippen LogP contribution in [0, 0.1) is 5.41 Å². The van der Waals surface area contributed by atoms with E-state index in [2.05, 4.69) is 31.2 Å². The van der Waals surface area contributed by atoms with Crippen LogP contribution in [0.4, 0.5) is 4.79 Å². The third kappa shape index (κ3) is 4.79. The number of nitrogens with one attached hydrogen (secondary N) is 1. The number of oxime groups is 1. The van der Waals surface area contributed by atoms with Crippen LogP contribution in [0.15, 0.2) is 5.16 Å². The molecule has 1 heterocycles. The summed E-state index contributed by atoms with van der Waals surface area (Å²) in [4.78, 5) is 15.9. The number of amides is 1. The molecule has 0 radical (unpaired) electrons. The highest BCUT2D eigenvalue weighted by atomic mass is 32.2. The number of nitrogens with zero attached hydrogens (tertiary/aromatic N) is 1. The molecule has 17 heavy (non-hydrogen) atoms. The van der Waals surface area contributed by atoms with Gasteiger partial charge < -0.3 is 5.32 Å². The molecule has 6 heteroatoms. The maximum Gasteiger partial charge on any atom is 0.433 e. The van der Waals surface area contributed by atoms with Crippen LogP contribution in [0.1, 0.15) is 27.2 Å². The quantitative estimate of drug-likeness (QED) is 0.478. The summed E-state index contributed by atoms with van der Waals surface area (Å²) in [7, 11) is 1.53. The largest absolute Gasteiger partial charge is 0.433 e. The van der Waals surface area contributed by atoms with Crippen LogP contribution in [0.25, 0.3) is 0 Å². The minimum Gasteiger partial charge on any atom is -0.323 e. The van der Waals surface area contributed by atoms with Crippen LogP contribution in [0.5, 0.6) is 0 Å². The summed E-state index contributed by atoms with van der Waals surface area (Å²) in [5.41, 5.74) is 0.853. The zero-order valence-electron chi connectivity index (χ0n) is 10.8. The molecule has 1 saturated heterocycles. The molecule has 1 rings (SSSR count). The molecule has 0 unspecified atom stereocenters. The molecule has 98 valence electrons. The van der Waals surface area contributed by atoms with Crippen LogP contribution >= 0.6 is 23.5 Å². The topological polar surface area (TPSA) is 50.7 Å². The highest BCUT2D eigenvalue weighted by Crippen LogP contribution is 2.36. The van der Waals surface area contributed by atoms with E-state index < -0.39 is 6.09 Å². The monoisotopic (exact) mass is 276 g/mol. The van der Waals surface area contributed by atoms with Crippen LogP contribution in [-0.4, -0.2) is 34.9 Å². The van der Waals surface area contributed by atoms with E-state index in [-0.39, 0.29) is 5.41 Å². The number of hydrogen-bond donors (Lipinski definition) is 1. The molecule has 1 aliphatic rings. The molecule has 4 nitrogen and oxygen atoms in total. The summed E-state index contributed by atoms with van der Waals surface area (Å²) < 4.78 is 0.299. The van der Waals surface area contributed by atoms with Crippen LogP contribution in [-0.2, 0) is 4.84 Å². The van der Waals surface area contributed by atoms with Gasteiger partial charge in [-0.05, 0) is 17.9 Å². The molecule has 1 N–H and O–H groups in total. The van der Waals surface area contributed by atoms with E-state index in [0.29, 0.717) is 4.58 Å². The van der Waals surface area contributed by atoms with Crippen LogP contribution in [0.3, 0.4) is 0 Å². The van der Waals surface area contributed by atoms with Gasteiger partial charge in [0.2, 0.25) is 0 Å². The van der Waals surface area contributed by atoms with Crippen LogP contribution in [0.2, 0.25) is 0 Å². The summed E-state index contributed by atoms with van der Waals surface area (Å²) in [5, 5.41) is 6.45. The van der Waals surface area contributed by atoms with E-state index in [4.69, 9.17) is 4.84 Å². The van der Waals surface area contributed by atoms with Gasteiger partial charge in [-0.15, -0.1) is 23.5 Å². The van der Waals surface area contributed by atoms with Crippen molar-refractivity contribution < 1.29 is 9.63 Å². The van der Waals surface area contributed by atoms with E-state index >= 15 is 0 Å². The lowest BCUT2D eigenvalue weighted by atomic mass is 9.91. The second-order valence-electron chi connectivity index (χ2n) is 4.78. The molecule has 1 aliphatic heterocycles. The van der Waals surface area contributed by atoms with E-state index in [1.165, 1.54) is 13.5 Å². The molecule has 1 fully saturated rings. The van der Waals surface area contributed by atoms with Gasteiger partial charge >= 0.3 is 6.09 Å². The second-order valence-corrected chi connectivity index (χ2v) is 7.51. The fraction of sp³-hybridized carbons (Fsp3) is 0.818. The summed E-state index contributed by atoms with van der Waals surface area (Å²) in [5.74, 6) is 2.29. The lowest BCUT2D eigenvalue weighted by Gasteiger charge is -2.29. The third-order valence-electron chi connectivity index (χ3n) is 2.25. The molecule has 0 aromatic rings. The first-order valence-electron chi connectivity index (χ1n) is 5.65. The number of carbonyl (C=O) groups is 1. The standard InChI is InChI=1S/C11H20N2O2S2/c1-11(2,3)8(13-15-10(14)12-4)9-16-6-5-7-17-9/h9H,5-7H2,1-4H3,(H,12,14). The first-order chi connectivity index (χ1) is 7.95. The second kappa shape index (κ2) is 6.54. The number of hydrogen-bond acceptors (Lipinski definition) is 5. The van der Waals surface area contributed by atoms with Gasteiger partial charge in [-0.3, -0.25) is 4.84 Å². The van der Waals surface area contributed by atoms with Crippen molar-refractivity contribution in [2.24, 2.45) is 10.6 Å². The first kappa shape index (κ1) is 14.7. The van der Waals surface area contributed by atoms with E-state index in [9.17, 15) is 4.79 Å². The van der Waals surface area contributed by atoms with Gasteiger partial charge in [0.25, 0.3) is 0 Å². The van der Waals surface area contributed by atoms with E-state index in [0.717, 1.165) is 17.2 Å². The molecule has 0 atom stereocenters. The van der Waals surface area contributed by atoms with E-state index in [1.54, 1.807) is 0 Å². The van der Waals surface area contributed by atoms with Crippen molar-refractivity contribution >= 4 is 35.3 Å². The predicted octanol–water partition coefficient (Wildman–Crippen LogP) is 2.94. The van der Waals surface area contributed by atoms with Crippen molar-refractivity contribution in [2.45, 2.75) is 31.8 Å². The average molecular weight is 276 g/mol. The minimum absolute atomic E-state index is 0.0873. The Hall–Kier alpha value is -0.360. The molecule has 0 bridgehead atoms. The molecule has 0 aromatic heterocycles. The van der Waals surface area contributed by atoms with Crippen molar-refractivity contribution in [1.82, 2.24) is 5.32 Å². The van der Waals surface area contributed by atoms with Crippen molar-refractivity contribution in [1.29, 1.82) is 0 Å². The van der Waals surface area contributed by atoms with Gasteiger partial charge in [0, 0.05) is 12.5 Å². The Morgan fingerprint density at radius 3 is 2.41 bits per heavy atom. The van der Waals surface area contributed by atoms with Crippen molar-refractivity contribution in [2.75, 3.05) is 18.6 Å². The first-order valence-corrected chi connectivity index (χ1v) is 7.75. The van der Waals surface area contributed by atoms with Gasteiger partial charge in [0.15, 0.2) is 0 Å². The Morgan fingerprint density at radius 2 is 1.94 bits per heavy atom. The zero-order chi connectivity index (χ0) is 12.9. The Balaban J connectivity index is 2.75. The zero-order valence-corrected chi connectivity index (χ0v) is 12.4. The Kier molecular flexibility index (Phi) is 5.66. The van der Waals surface area contributed by atoms with Crippen molar-refractivity contribution in [3.63, 3.8) is 0 Å². The number of rotatable bonds is 2. The fourth-order valence-corrected chi connectivity index (χ4v) is 4.62. The lowest BCUT2D eigenvalue weighted by molar-refractivity contribution is 0.151. The smallest absolute Gasteiger partial charge is 0.323 e. The SMILES string of the molecule is CNC(=O)ON=C(C1SCCCS1)C(C)(C)C. The number of carbonyl (C=O) groups excluding carboxylic acids is 1. The lowest BCUT2D eigenvalue weighted by Crippen LogP contribution is -2.32. The Morgan fingerprint density at radius 1 is 1.35 bits per heavy atom. The normalized spacial score (nSPS) is 18.9. The molecule has 0 spiro atoms. The van der Waals surface area contributed by atoms with Gasteiger partial charge in [0.1, 0.15) is 0 Å². The molecular weight excluding hydrogens is 256 g/mol. The van der Waals surface area contributed by atoms with Gasteiger partial charge in [-0.25, -0.2) is 4.79 Å². The highest BCUT2D eigenvalue weighted by Gasteiger charge is 2.30. The van der Waals surface area contributed by atoms with Crippen LogP contribution < -0.4 is 5.32 Å². The molecule has 0 saturated carbocycles. The van der Waals surface area contributed by atoms with Gasteiger partial charge in [-0.2, -0.15) is 0 Å². The Labute approximate surface area is 111 Å². The van der Waals surface area contributed by atoms with Crippen molar-refractivity contribution in [3.05, 3.63) is 0 Å². The maximum atomic E-state index is 11.1.